The highest BCUT2D eigenvalue weighted by molar-refractivity contribution is 5.90. The van der Waals surface area contributed by atoms with E-state index in [1.54, 1.807) is 14.2 Å². The van der Waals surface area contributed by atoms with Crippen molar-refractivity contribution in [3.8, 4) is 11.5 Å². The van der Waals surface area contributed by atoms with E-state index in [-0.39, 0.29) is 17.9 Å². The number of nitrogens with zero attached hydrogens (tertiary/aromatic N) is 1. The fourth-order valence-corrected chi connectivity index (χ4v) is 3.40. The Morgan fingerprint density at radius 2 is 2.00 bits per heavy atom. The van der Waals surface area contributed by atoms with E-state index in [9.17, 15) is 9.59 Å². The first kappa shape index (κ1) is 15.6. The number of amides is 1. The molecule has 6 nitrogen and oxygen atoms in total. The zero-order chi connectivity index (χ0) is 16.6. The van der Waals surface area contributed by atoms with Crippen molar-refractivity contribution in [3.63, 3.8) is 0 Å². The van der Waals surface area contributed by atoms with Crippen molar-refractivity contribution in [1.29, 1.82) is 0 Å². The summed E-state index contributed by atoms with van der Waals surface area (Å²) in [5, 5.41) is 9.03. The zero-order valence-corrected chi connectivity index (χ0v) is 13.3. The van der Waals surface area contributed by atoms with Crippen LogP contribution in [-0.2, 0) is 9.59 Å². The first-order valence-electron chi connectivity index (χ1n) is 7.82. The highest BCUT2D eigenvalue weighted by Crippen LogP contribution is 2.45. The van der Waals surface area contributed by atoms with Crippen LogP contribution in [0.1, 0.15) is 30.9 Å². The Morgan fingerprint density at radius 1 is 1.22 bits per heavy atom. The van der Waals surface area contributed by atoms with E-state index < -0.39 is 11.9 Å². The van der Waals surface area contributed by atoms with E-state index in [4.69, 9.17) is 14.6 Å². The predicted octanol–water partition coefficient (Wildman–Crippen LogP) is 2.09. The Morgan fingerprint density at radius 3 is 2.61 bits per heavy atom. The van der Waals surface area contributed by atoms with Gasteiger partial charge in [-0.25, -0.2) is 0 Å². The standard InChI is InChI=1S/C17H21NO5/c1-22-10-5-6-11(15(8-10)23-2)14-4-3-7-18(14)16(19)12-9-13(12)17(20)21/h5-6,8,12-14H,3-4,7,9H2,1-2H3,(H,20,21)/t12-,13+,14+/m1/s1. The van der Waals surface area contributed by atoms with Crippen molar-refractivity contribution in [3.05, 3.63) is 23.8 Å². The van der Waals surface area contributed by atoms with Crippen molar-refractivity contribution in [2.24, 2.45) is 11.8 Å². The van der Waals surface area contributed by atoms with Gasteiger partial charge in [-0.05, 0) is 31.4 Å². The van der Waals surface area contributed by atoms with Crippen LogP contribution < -0.4 is 9.47 Å². The number of carbonyl (C=O) groups excluding carboxylic acids is 1. The molecule has 0 spiro atoms. The summed E-state index contributed by atoms with van der Waals surface area (Å²) in [7, 11) is 3.19. The number of hydrogen-bond donors (Lipinski definition) is 1. The summed E-state index contributed by atoms with van der Waals surface area (Å²) in [6, 6.07) is 5.54. The largest absolute Gasteiger partial charge is 0.497 e. The van der Waals surface area contributed by atoms with Gasteiger partial charge in [0.15, 0.2) is 0 Å². The number of benzene rings is 1. The van der Waals surface area contributed by atoms with Crippen molar-refractivity contribution >= 4 is 11.9 Å². The summed E-state index contributed by atoms with van der Waals surface area (Å²) in [5.74, 6) is -0.396. The molecule has 1 aliphatic heterocycles. The van der Waals surface area contributed by atoms with Gasteiger partial charge in [-0.2, -0.15) is 0 Å². The maximum absolute atomic E-state index is 12.6. The molecule has 0 unspecified atom stereocenters. The second kappa shape index (κ2) is 6.10. The SMILES string of the molecule is COc1ccc([C@@H]2CCCN2C(=O)[C@@H]2C[C@@H]2C(=O)O)c(OC)c1. The monoisotopic (exact) mass is 319 g/mol. The lowest BCUT2D eigenvalue weighted by molar-refractivity contribution is -0.142. The molecule has 1 saturated heterocycles. The number of aliphatic carboxylic acids is 1. The van der Waals surface area contributed by atoms with E-state index in [2.05, 4.69) is 0 Å². The van der Waals surface area contributed by atoms with Crippen LogP contribution in [0.4, 0.5) is 0 Å². The smallest absolute Gasteiger partial charge is 0.307 e. The number of carboxylic acids is 1. The molecule has 0 radical (unpaired) electrons. The van der Waals surface area contributed by atoms with E-state index in [0.29, 0.717) is 24.5 Å². The maximum Gasteiger partial charge on any atom is 0.307 e. The van der Waals surface area contributed by atoms with Gasteiger partial charge in [-0.1, -0.05) is 0 Å². The Balaban J connectivity index is 1.82. The number of carboxylic acid groups (broad SMARTS) is 1. The number of methoxy groups -OCH3 is 2. The van der Waals surface area contributed by atoms with Gasteiger partial charge < -0.3 is 19.5 Å². The lowest BCUT2D eigenvalue weighted by Gasteiger charge is -2.26. The lowest BCUT2D eigenvalue weighted by Crippen LogP contribution is -2.32. The summed E-state index contributed by atoms with van der Waals surface area (Å²) < 4.78 is 10.7. The van der Waals surface area contributed by atoms with Crippen LogP contribution in [0.2, 0.25) is 0 Å². The summed E-state index contributed by atoms with van der Waals surface area (Å²) in [6.07, 6.45) is 2.23. The van der Waals surface area contributed by atoms with Gasteiger partial charge in [0.1, 0.15) is 11.5 Å². The minimum atomic E-state index is -0.874. The normalized spacial score (nSPS) is 26.0. The van der Waals surface area contributed by atoms with Crippen LogP contribution in [0.3, 0.4) is 0 Å². The number of carbonyl (C=O) groups is 2. The molecular formula is C17H21NO5. The van der Waals surface area contributed by atoms with Gasteiger partial charge in [0, 0.05) is 18.2 Å². The molecule has 3 atom stereocenters. The third-order valence-corrected chi connectivity index (χ3v) is 4.76. The van der Waals surface area contributed by atoms with Crippen molar-refractivity contribution < 1.29 is 24.2 Å². The quantitative estimate of drug-likeness (QED) is 0.899. The van der Waals surface area contributed by atoms with Crippen molar-refractivity contribution in [2.45, 2.75) is 25.3 Å². The minimum absolute atomic E-state index is 0.0437. The highest BCUT2D eigenvalue weighted by Gasteiger charge is 2.51. The summed E-state index contributed by atoms with van der Waals surface area (Å²) in [6.45, 7) is 0.668. The zero-order valence-electron chi connectivity index (χ0n) is 13.3. The molecule has 0 aromatic heterocycles. The molecule has 2 fully saturated rings. The lowest BCUT2D eigenvalue weighted by atomic mass is 10.0. The molecule has 23 heavy (non-hydrogen) atoms. The molecule has 124 valence electrons. The van der Waals surface area contributed by atoms with Gasteiger partial charge in [0.2, 0.25) is 5.91 Å². The molecule has 0 bridgehead atoms. The fourth-order valence-electron chi connectivity index (χ4n) is 3.40. The second-order valence-electron chi connectivity index (χ2n) is 6.08. The topological polar surface area (TPSA) is 76.1 Å². The Bertz CT molecular complexity index is 629. The molecule has 1 saturated carbocycles. The number of ether oxygens (including phenoxy) is 2. The molecule has 1 aromatic carbocycles. The first-order valence-corrected chi connectivity index (χ1v) is 7.82. The van der Waals surface area contributed by atoms with E-state index >= 15 is 0 Å². The third kappa shape index (κ3) is 2.85. The predicted molar refractivity (Wildman–Crippen MR) is 82.5 cm³/mol. The Kier molecular flexibility index (Phi) is 4.15. The van der Waals surface area contributed by atoms with Gasteiger partial charge in [0.25, 0.3) is 0 Å². The van der Waals surface area contributed by atoms with E-state index in [1.165, 1.54) is 0 Å². The number of hydrogen-bond acceptors (Lipinski definition) is 4. The van der Waals surface area contributed by atoms with Crippen LogP contribution >= 0.6 is 0 Å². The molecule has 1 amide bonds. The van der Waals surface area contributed by atoms with Crippen molar-refractivity contribution in [2.75, 3.05) is 20.8 Å². The van der Waals surface area contributed by atoms with Gasteiger partial charge >= 0.3 is 5.97 Å². The van der Waals surface area contributed by atoms with Crippen LogP contribution in [0.15, 0.2) is 18.2 Å². The molecular weight excluding hydrogens is 298 g/mol. The van der Waals surface area contributed by atoms with Crippen LogP contribution in [-0.4, -0.2) is 42.6 Å². The van der Waals surface area contributed by atoms with E-state index in [1.807, 2.05) is 23.1 Å². The third-order valence-electron chi connectivity index (χ3n) is 4.76. The fraction of sp³-hybridized carbons (Fsp3) is 0.529. The first-order chi connectivity index (χ1) is 11.1. The minimum Gasteiger partial charge on any atom is -0.497 e. The van der Waals surface area contributed by atoms with Crippen LogP contribution in [0.25, 0.3) is 0 Å². The maximum atomic E-state index is 12.6. The molecule has 1 heterocycles. The molecule has 1 aliphatic carbocycles. The van der Waals surface area contributed by atoms with Gasteiger partial charge in [-0.3, -0.25) is 9.59 Å². The summed E-state index contributed by atoms with van der Waals surface area (Å²) in [5.41, 5.74) is 0.951. The van der Waals surface area contributed by atoms with E-state index in [0.717, 1.165) is 18.4 Å². The molecule has 6 heteroatoms. The second-order valence-corrected chi connectivity index (χ2v) is 6.08. The molecule has 3 rings (SSSR count). The number of rotatable bonds is 5. The average molecular weight is 319 g/mol. The molecule has 2 aliphatic rings. The highest BCUT2D eigenvalue weighted by atomic mass is 16.5. The Labute approximate surface area is 135 Å². The van der Waals surface area contributed by atoms with Gasteiger partial charge in [-0.15, -0.1) is 0 Å². The summed E-state index contributed by atoms with van der Waals surface area (Å²) >= 11 is 0. The van der Waals surface area contributed by atoms with Crippen LogP contribution in [0.5, 0.6) is 11.5 Å². The molecule has 1 N–H and O–H groups in total. The van der Waals surface area contributed by atoms with Gasteiger partial charge in [0.05, 0.1) is 32.1 Å². The Hall–Kier alpha value is -2.24. The number of likely N-dealkylation sites (tertiary alicyclic amines) is 1. The van der Waals surface area contributed by atoms with Crippen LogP contribution in [0, 0.1) is 11.8 Å². The van der Waals surface area contributed by atoms with Crippen molar-refractivity contribution in [1.82, 2.24) is 4.90 Å². The average Bonchev–Trinajstić information content (AvgIpc) is 3.23. The molecule has 1 aromatic rings. The summed E-state index contributed by atoms with van der Waals surface area (Å²) in [4.78, 5) is 25.5.